The van der Waals surface area contributed by atoms with Gasteiger partial charge in [0.15, 0.2) is 0 Å². The van der Waals surface area contributed by atoms with Crippen molar-refractivity contribution in [1.82, 2.24) is 4.90 Å². The molecule has 2 aliphatic rings. The van der Waals surface area contributed by atoms with Gasteiger partial charge in [0.1, 0.15) is 11.5 Å². The Hall–Kier alpha value is -3.12. The number of aryl methyl sites for hydroxylation is 2. The number of benzene rings is 2. The Kier molecular flexibility index (Phi) is 6.33. The standard InChI is InChI=1S/C26H29NO5/c1-4-31-19-8-5-7-18(14-19)23-22(24(28)21-13-16(2)10-11-17(21)3)25(29)26(30)27(23)15-20-9-6-12-32-20/h5,7-8,10-11,13-14,20,23,28H,4,6,9,12,15H2,1-3H3/b24-22+. The molecule has 0 saturated carbocycles. The van der Waals surface area contributed by atoms with Crippen LogP contribution in [0.25, 0.3) is 5.76 Å². The second-order valence-electron chi connectivity index (χ2n) is 8.41. The van der Waals surface area contributed by atoms with Gasteiger partial charge in [-0.2, -0.15) is 0 Å². The van der Waals surface area contributed by atoms with Crippen molar-refractivity contribution in [3.63, 3.8) is 0 Å². The summed E-state index contributed by atoms with van der Waals surface area (Å²) in [7, 11) is 0. The van der Waals surface area contributed by atoms with E-state index in [0.29, 0.717) is 31.1 Å². The van der Waals surface area contributed by atoms with Crippen LogP contribution in [0.2, 0.25) is 0 Å². The summed E-state index contributed by atoms with van der Waals surface area (Å²) in [6.07, 6.45) is 1.65. The van der Waals surface area contributed by atoms with E-state index in [9.17, 15) is 14.7 Å². The van der Waals surface area contributed by atoms with Crippen molar-refractivity contribution in [2.24, 2.45) is 0 Å². The Balaban J connectivity index is 1.86. The third-order valence-electron chi connectivity index (χ3n) is 6.10. The van der Waals surface area contributed by atoms with E-state index in [2.05, 4.69) is 0 Å². The van der Waals surface area contributed by atoms with Gasteiger partial charge in [0.05, 0.1) is 24.3 Å². The number of aliphatic hydroxyl groups excluding tert-OH is 1. The molecule has 2 aromatic carbocycles. The minimum atomic E-state index is -0.709. The van der Waals surface area contributed by atoms with Crippen molar-refractivity contribution in [3.8, 4) is 5.75 Å². The SMILES string of the molecule is CCOc1cccc(C2/C(=C(\O)c3cc(C)ccc3C)C(=O)C(=O)N2CC2CCCO2)c1. The first-order valence-corrected chi connectivity index (χ1v) is 11.1. The van der Waals surface area contributed by atoms with Crippen LogP contribution in [-0.2, 0) is 14.3 Å². The molecule has 2 unspecified atom stereocenters. The van der Waals surface area contributed by atoms with Crippen molar-refractivity contribution in [3.05, 3.63) is 70.3 Å². The molecule has 6 nitrogen and oxygen atoms in total. The molecule has 2 saturated heterocycles. The van der Waals surface area contributed by atoms with Crippen LogP contribution in [0, 0.1) is 13.8 Å². The summed E-state index contributed by atoms with van der Waals surface area (Å²) >= 11 is 0. The van der Waals surface area contributed by atoms with Crippen LogP contribution in [0.3, 0.4) is 0 Å². The number of aliphatic hydroxyl groups is 1. The van der Waals surface area contributed by atoms with Crippen LogP contribution in [0.4, 0.5) is 0 Å². The van der Waals surface area contributed by atoms with Gasteiger partial charge in [-0.1, -0.05) is 29.8 Å². The number of likely N-dealkylation sites (tertiary alicyclic amines) is 1. The van der Waals surface area contributed by atoms with E-state index >= 15 is 0 Å². The number of nitrogens with zero attached hydrogens (tertiary/aromatic N) is 1. The van der Waals surface area contributed by atoms with Gasteiger partial charge < -0.3 is 19.5 Å². The second kappa shape index (κ2) is 9.17. The summed E-state index contributed by atoms with van der Waals surface area (Å²) in [5.41, 5.74) is 3.18. The van der Waals surface area contributed by atoms with Crippen molar-refractivity contribution >= 4 is 17.4 Å². The Morgan fingerprint density at radius 1 is 1.19 bits per heavy atom. The molecule has 1 N–H and O–H groups in total. The highest BCUT2D eigenvalue weighted by atomic mass is 16.5. The van der Waals surface area contributed by atoms with E-state index in [1.54, 1.807) is 4.90 Å². The highest BCUT2D eigenvalue weighted by Crippen LogP contribution is 2.41. The zero-order chi connectivity index (χ0) is 22.8. The maximum absolute atomic E-state index is 13.2. The number of carbonyl (C=O) groups is 2. The molecule has 0 bridgehead atoms. The molecule has 168 valence electrons. The second-order valence-corrected chi connectivity index (χ2v) is 8.41. The van der Waals surface area contributed by atoms with Crippen LogP contribution < -0.4 is 4.74 Å². The van der Waals surface area contributed by atoms with Gasteiger partial charge in [0.25, 0.3) is 11.7 Å². The lowest BCUT2D eigenvalue weighted by molar-refractivity contribution is -0.140. The lowest BCUT2D eigenvalue weighted by Crippen LogP contribution is -2.36. The molecule has 4 rings (SSSR count). The number of ether oxygens (including phenoxy) is 2. The quantitative estimate of drug-likeness (QED) is 0.416. The fourth-order valence-corrected chi connectivity index (χ4v) is 4.50. The molecular weight excluding hydrogens is 406 g/mol. The normalized spacial score (nSPS) is 22.5. The number of amides is 1. The van der Waals surface area contributed by atoms with Crippen molar-refractivity contribution < 1.29 is 24.2 Å². The first kappa shape index (κ1) is 22.1. The molecule has 0 aromatic heterocycles. The Morgan fingerprint density at radius 3 is 2.72 bits per heavy atom. The lowest BCUT2D eigenvalue weighted by atomic mass is 9.93. The third-order valence-corrected chi connectivity index (χ3v) is 6.10. The predicted octanol–water partition coefficient (Wildman–Crippen LogP) is 4.30. The molecule has 2 fully saturated rings. The predicted molar refractivity (Wildman–Crippen MR) is 122 cm³/mol. The average molecular weight is 436 g/mol. The molecule has 2 aliphatic heterocycles. The largest absolute Gasteiger partial charge is 0.507 e. The van der Waals surface area contributed by atoms with Crippen molar-refractivity contribution in [1.29, 1.82) is 0 Å². The zero-order valence-corrected chi connectivity index (χ0v) is 18.8. The highest BCUT2D eigenvalue weighted by molar-refractivity contribution is 6.46. The zero-order valence-electron chi connectivity index (χ0n) is 18.8. The van der Waals surface area contributed by atoms with E-state index in [1.807, 2.05) is 63.2 Å². The summed E-state index contributed by atoms with van der Waals surface area (Å²) in [5.74, 6) is -0.780. The monoisotopic (exact) mass is 435 g/mol. The smallest absolute Gasteiger partial charge is 0.295 e. The number of hydrogen-bond acceptors (Lipinski definition) is 5. The van der Waals surface area contributed by atoms with E-state index in [-0.39, 0.29) is 17.4 Å². The minimum Gasteiger partial charge on any atom is -0.507 e. The first-order chi connectivity index (χ1) is 15.4. The van der Waals surface area contributed by atoms with Gasteiger partial charge >= 0.3 is 0 Å². The van der Waals surface area contributed by atoms with Crippen LogP contribution in [0.5, 0.6) is 5.75 Å². The van der Waals surface area contributed by atoms with E-state index in [4.69, 9.17) is 9.47 Å². The topological polar surface area (TPSA) is 76.1 Å². The fraction of sp³-hybridized carbons (Fsp3) is 0.385. The van der Waals surface area contributed by atoms with Gasteiger partial charge in [-0.15, -0.1) is 0 Å². The molecule has 0 radical (unpaired) electrons. The summed E-state index contributed by atoms with van der Waals surface area (Å²) in [6, 6.07) is 12.3. The molecule has 1 amide bonds. The molecule has 0 spiro atoms. The van der Waals surface area contributed by atoms with Gasteiger partial charge in [0.2, 0.25) is 0 Å². The third kappa shape index (κ3) is 4.15. The summed E-state index contributed by atoms with van der Waals surface area (Å²) in [6.45, 7) is 7.16. The van der Waals surface area contributed by atoms with Gasteiger partial charge in [-0.3, -0.25) is 9.59 Å². The van der Waals surface area contributed by atoms with Crippen LogP contribution in [0.15, 0.2) is 48.0 Å². The van der Waals surface area contributed by atoms with Crippen LogP contribution in [0.1, 0.15) is 48.1 Å². The number of ketones is 1. The summed E-state index contributed by atoms with van der Waals surface area (Å²) in [5, 5.41) is 11.3. The number of Topliss-reactive ketones (excluding diaryl/α,β-unsaturated/α-hetero) is 1. The Bertz CT molecular complexity index is 1070. The Morgan fingerprint density at radius 2 is 2.00 bits per heavy atom. The minimum absolute atomic E-state index is 0.107. The van der Waals surface area contributed by atoms with Crippen molar-refractivity contribution in [2.75, 3.05) is 19.8 Å². The molecule has 2 heterocycles. The molecule has 6 heteroatoms. The van der Waals surface area contributed by atoms with E-state index in [0.717, 1.165) is 29.5 Å². The summed E-state index contributed by atoms with van der Waals surface area (Å²) < 4.78 is 11.4. The number of carbonyl (C=O) groups excluding carboxylic acids is 2. The first-order valence-electron chi connectivity index (χ1n) is 11.1. The van der Waals surface area contributed by atoms with Gasteiger partial charge in [-0.25, -0.2) is 0 Å². The highest BCUT2D eigenvalue weighted by Gasteiger charge is 2.47. The average Bonchev–Trinajstić information content (AvgIpc) is 3.38. The number of rotatable bonds is 6. The lowest BCUT2D eigenvalue weighted by Gasteiger charge is -2.27. The van der Waals surface area contributed by atoms with Crippen LogP contribution >= 0.6 is 0 Å². The van der Waals surface area contributed by atoms with Crippen molar-refractivity contribution in [2.45, 2.75) is 45.8 Å². The van der Waals surface area contributed by atoms with Crippen LogP contribution in [-0.4, -0.2) is 47.6 Å². The maximum Gasteiger partial charge on any atom is 0.295 e. The molecule has 2 atom stereocenters. The molecular formula is C26H29NO5. The molecule has 32 heavy (non-hydrogen) atoms. The molecule has 2 aromatic rings. The van der Waals surface area contributed by atoms with Gasteiger partial charge in [0, 0.05) is 18.7 Å². The molecule has 0 aliphatic carbocycles. The fourth-order valence-electron chi connectivity index (χ4n) is 4.50. The Labute approximate surface area is 188 Å². The summed E-state index contributed by atoms with van der Waals surface area (Å²) in [4.78, 5) is 27.9. The van der Waals surface area contributed by atoms with E-state index < -0.39 is 17.7 Å². The van der Waals surface area contributed by atoms with E-state index in [1.165, 1.54) is 0 Å². The number of hydrogen-bond donors (Lipinski definition) is 1. The van der Waals surface area contributed by atoms with Gasteiger partial charge in [-0.05, 0) is 62.9 Å². The maximum atomic E-state index is 13.2.